The van der Waals surface area contributed by atoms with Crippen molar-refractivity contribution in [1.82, 2.24) is 0 Å². The Morgan fingerprint density at radius 2 is 2.00 bits per heavy atom. The van der Waals surface area contributed by atoms with Crippen LogP contribution in [0.5, 0.6) is 5.75 Å². The molecule has 2 aliphatic rings. The first-order chi connectivity index (χ1) is 15.0. The molecule has 7 heteroatoms. The van der Waals surface area contributed by atoms with Crippen LogP contribution >= 0.6 is 15.9 Å². The minimum absolute atomic E-state index is 0.0118. The van der Waals surface area contributed by atoms with E-state index in [0.29, 0.717) is 17.3 Å². The highest BCUT2D eigenvalue weighted by Crippen LogP contribution is 2.55. The van der Waals surface area contributed by atoms with Crippen LogP contribution < -0.4 is 10.5 Å². The zero-order valence-electron chi connectivity index (χ0n) is 16.6. The van der Waals surface area contributed by atoms with Crippen LogP contribution in [0, 0.1) is 45.3 Å². The van der Waals surface area contributed by atoms with Gasteiger partial charge in [-0.1, -0.05) is 28.1 Å². The lowest BCUT2D eigenvalue weighted by molar-refractivity contribution is 0.238. The van der Waals surface area contributed by atoms with E-state index in [-0.39, 0.29) is 23.8 Å². The standard InChI is InChI=1S/C24H19BrN4O2/c25-15-4-3-5-16(10-15)30-12-17-8-9-21(31-17)22-19-7-2-1-6-18(19)20(11-26)23(29)24(22,13-27)14-28/h3-6,8-10,19,22H,1-2,7,12,29H2/t19-,22-/m1/s1. The van der Waals surface area contributed by atoms with Crippen molar-refractivity contribution in [3.8, 4) is 24.0 Å². The topological polar surface area (TPSA) is 120 Å². The van der Waals surface area contributed by atoms with Crippen molar-refractivity contribution in [2.75, 3.05) is 0 Å². The number of halogens is 1. The van der Waals surface area contributed by atoms with Gasteiger partial charge in [0.15, 0.2) is 5.41 Å². The molecule has 2 aliphatic carbocycles. The van der Waals surface area contributed by atoms with Gasteiger partial charge in [0.25, 0.3) is 0 Å². The maximum absolute atomic E-state index is 10.0. The summed E-state index contributed by atoms with van der Waals surface area (Å²) in [5.74, 6) is 1.01. The molecule has 1 heterocycles. The summed E-state index contributed by atoms with van der Waals surface area (Å²) in [6.07, 6.45) is 4.51. The van der Waals surface area contributed by atoms with Gasteiger partial charge in [0.05, 0.1) is 29.3 Å². The number of nitrogens with zero attached hydrogens (tertiary/aromatic N) is 3. The van der Waals surface area contributed by atoms with E-state index in [0.717, 1.165) is 29.3 Å². The van der Waals surface area contributed by atoms with Crippen LogP contribution in [0.25, 0.3) is 0 Å². The van der Waals surface area contributed by atoms with E-state index in [2.05, 4.69) is 34.1 Å². The van der Waals surface area contributed by atoms with Crippen LogP contribution in [0.4, 0.5) is 0 Å². The fourth-order valence-corrected chi connectivity index (χ4v) is 4.91. The third kappa shape index (κ3) is 3.50. The molecule has 0 radical (unpaired) electrons. The SMILES string of the molecule is N#CC1=C(N)C(C#N)(C#N)[C@@H](c2ccc(COc3cccc(Br)c3)o2)[C@@H]2CCCC=C12. The molecular formula is C24H19BrN4O2. The van der Waals surface area contributed by atoms with Crippen molar-refractivity contribution in [3.05, 3.63) is 75.3 Å². The monoisotopic (exact) mass is 474 g/mol. The van der Waals surface area contributed by atoms with Gasteiger partial charge >= 0.3 is 0 Å². The van der Waals surface area contributed by atoms with Gasteiger partial charge in [0.1, 0.15) is 29.9 Å². The Kier molecular flexibility index (Phi) is 5.59. The van der Waals surface area contributed by atoms with Gasteiger partial charge in [-0.05, 0) is 61.1 Å². The molecule has 6 nitrogen and oxygen atoms in total. The van der Waals surface area contributed by atoms with Gasteiger partial charge in [0.2, 0.25) is 0 Å². The second-order valence-corrected chi connectivity index (χ2v) is 8.57. The Morgan fingerprint density at radius 3 is 2.71 bits per heavy atom. The Balaban J connectivity index is 1.71. The fraction of sp³-hybridized carbons (Fsp3) is 0.292. The summed E-state index contributed by atoms with van der Waals surface area (Å²) in [5, 5.41) is 29.8. The summed E-state index contributed by atoms with van der Waals surface area (Å²) in [6.45, 7) is 0.206. The molecule has 31 heavy (non-hydrogen) atoms. The maximum atomic E-state index is 10.0. The van der Waals surface area contributed by atoms with Crippen LogP contribution in [0.2, 0.25) is 0 Å². The van der Waals surface area contributed by atoms with Gasteiger partial charge < -0.3 is 14.9 Å². The number of hydrogen-bond acceptors (Lipinski definition) is 6. The maximum Gasteiger partial charge on any atom is 0.194 e. The van der Waals surface area contributed by atoms with Gasteiger partial charge in [-0.25, -0.2) is 0 Å². The van der Waals surface area contributed by atoms with Gasteiger partial charge in [-0.15, -0.1) is 0 Å². The number of rotatable bonds is 4. The number of nitriles is 3. The molecule has 1 aromatic heterocycles. The number of furan rings is 1. The van der Waals surface area contributed by atoms with Crippen molar-refractivity contribution < 1.29 is 9.15 Å². The van der Waals surface area contributed by atoms with Crippen molar-refractivity contribution in [2.45, 2.75) is 31.8 Å². The number of fused-ring (bicyclic) bond motifs is 1. The number of ether oxygens (including phenoxy) is 1. The van der Waals surface area contributed by atoms with E-state index in [1.54, 1.807) is 12.1 Å². The zero-order chi connectivity index (χ0) is 22.0. The Morgan fingerprint density at radius 1 is 1.19 bits per heavy atom. The van der Waals surface area contributed by atoms with Crippen LogP contribution in [-0.4, -0.2) is 0 Å². The highest BCUT2D eigenvalue weighted by Gasteiger charge is 2.55. The summed E-state index contributed by atoms with van der Waals surface area (Å²) in [6, 6.07) is 17.4. The van der Waals surface area contributed by atoms with Crippen molar-refractivity contribution in [2.24, 2.45) is 17.1 Å². The highest BCUT2D eigenvalue weighted by molar-refractivity contribution is 9.10. The molecule has 2 aromatic rings. The zero-order valence-corrected chi connectivity index (χ0v) is 18.2. The second kappa shape index (κ2) is 8.34. The predicted octanol–water partition coefficient (Wildman–Crippen LogP) is 5.21. The number of nitrogens with two attached hydrogens (primary N) is 1. The molecule has 4 rings (SSSR count). The van der Waals surface area contributed by atoms with E-state index < -0.39 is 11.3 Å². The Hall–Kier alpha value is -3.47. The van der Waals surface area contributed by atoms with E-state index >= 15 is 0 Å². The lowest BCUT2D eigenvalue weighted by Gasteiger charge is -2.42. The fourth-order valence-electron chi connectivity index (χ4n) is 4.53. The minimum atomic E-state index is -1.66. The molecular weight excluding hydrogens is 456 g/mol. The molecule has 0 unspecified atom stereocenters. The lowest BCUT2D eigenvalue weighted by atomic mass is 9.58. The van der Waals surface area contributed by atoms with E-state index in [1.807, 2.05) is 30.3 Å². The molecule has 0 bridgehead atoms. The number of hydrogen-bond donors (Lipinski definition) is 1. The van der Waals surface area contributed by atoms with E-state index in [1.165, 1.54) is 0 Å². The second-order valence-electron chi connectivity index (χ2n) is 7.66. The Labute approximate surface area is 188 Å². The average molecular weight is 475 g/mol. The lowest BCUT2D eigenvalue weighted by Crippen LogP contribution is -2.42. The molecule has 0 aliphatic heterocycles. The van der Waals surface area contributed by atoms with Crippen LogP contribution in [-0.2, 0) is 6.61 Å². The van der Waals surface area contributed by atoms with E-state index in [9.17, 15) is 15.8 Å². The highest BCUT2D eigenvalue weighted by atomic mass is 79.9. The quantitative estimate of drug-likeness (QED) is 0.648. The number of benzene rings is 1. The van der Waals surface area contributed by atoms with Crippen molar-refractivity contribution in [3.63, 3.8) is 0 Å². The molecule has 0 saturated carbocycles. The predicted molar refractivity (Wildman–Crippen MR) is 116 cm³/mol. The minimum Gasteiger partial charge on any atom is -0.486 e. The van der Waals surface area contributed by atoms with Crippen LogP contribution in [0.1, 0.15) is 36.7 Å². The molecule has 2 N–H and O–H groups in total. The normalized spacial score (nSPS) is 21.8. The van der Waals surface area contributed by atoms with Gasteiger partial charge in [0, 0.05) is 4.47 Å². The smallest absolute Gasteiger partial charge is 0.194 e. The summed E-state index contributed by atoms with van der Waals surface area (Å²) in [7, 11) is 0. The molecule has 0 saturated heterocycles. The summed E-state index contributed by atoms with van der Waals surface area (Å²) < 4.78 is 12.8. The van der Waals surface area contributed by atoms with E-state index in [4.69, 9.17) is 14.9 Å². The third-order valence-electron chi connectivity index (χ3n) is 5.97. The summed E-state index contributed by atoms with van der Waals surface area (Å²) in [4.78, 5) is 0. The Bertz CT molecular complexity index is 1190. The van der Waals surface area contributed by atoms with Crippen LogP contribution in [0.3, 0.4) is 0 Å². The molecule has 0 amide bonds. The first-order valence-corrected chi connectivity index (χ1v) is 10.7. The van der Waals surface area contributed by atoms with Gasteiger partial charge in [-0.3, -0.25) is 0 Å². The molecule has 2 atom stereocenters. The first kappa shape index (κ1) is 20.8. The number of allylic oxidation sites excluding steroid dienone is 4. The third-order valence-corrected chi connectivity index (χ3v) is 6.46. The molecule has 0 spiro atoms. The molecule has 154 valence electrons. The largest absolute Gasteiger partial charge is 0.486 e. The van der Waals surface area contributed by atoms with Crippen molar-refractivity contribution in [1.29, 1.82) is 15.8 Å². The first-order valence-electron chi connectivity index (χ1n) is 9.94. The summed E-state index contributed by atoms with van der Waals surface area (Å²) in [5.41, 5.74) is 5.71. The average Bonchev–Trinajstić information content (AvgIpc) is 3.25. The molecule has 0 fully saturated rings. The van der Waals surface area contributed by atoms with Crippen molar-refractivity contribution >= 4 is 15.9 Å². The molecule has 1 aromatic carbocycles. The summed E-state index contributed by atoms with van der Waals surface area (Å²) >= 11 is 3.41. The van der Waals surface area contributed by atoms with Crippen LogP contribution in [0.15, 0.2) is 68.2 Å². The van der Waals surface area contributed by atoms with Gasteiger partial charge in [-0.2, -0.15) is 15.8 Å².